The van der Waals surface area contributed by atoms with Gasteiger partial charge in [-0.15, -0.1) is 0 Å². The zero-order valence-electron chi connectivity index (χ0n) is 16.6. The van der Waals surface area contributed by atoms with Crippen LogP contribution >= 0.6 is 0 Å². The molecule has 31 heavy (non-hydrogen) atoms. The molecule has 160 valence electrons. The fourth-order valence-electron chi connectivity index (χ4n) is 3.24. The van der Waals surface area contributed by atoms with Crippen LogP contribution in [0.2, 0.25) is 0 Å². The summed E-state index contributed by atoms with van der Waals surface area (Å²) in [5, 5.41) is 29.5. The van der Waals surface area contributed by atoms with Crippen molar-refractivity contribution in [2.24, 2.45) is 10.7 Å². The quantitative estimate of drug-likeness (QED) is 0.327. The number of guanidine groups is 1. The fourth-order valence-corrected chi connectivity index (χ4v) is 3.24. The monoisotopic (exact) mass is 429 g/mol. The molecular formula is C21H18F3N5O2. The highest BCUT2D eigenvalue weighted by Gasteiger charge is 2.43. The van der Waals surface area contributed by atoms with E-state index in [0.717, 1.165) is 23.1 Å². The molecule has 0 aromatic heterocycles. The van der Waals surface area contributed by atoms with Crippen molar-refractivity contribution in [3.05, 3.63) is 59.2 Å². The van der Waals surface area contributed by atoms with Crippen LogP contribution in [-0.2, 0) is 6.18 Å². The standard InChI is InChI=1S/C21H18F3N5O2/c1-20(2)18(30)17(15-8-12(10-25)6-7-16(15)31-20)28-19(27)29(11-26)14-5-3-4-13(9-14)21(22,23)24/h3-9,17-18,30H,1-2H3,(H2,27,28)/t17-,18+/m1/s1. The number of aliphatic imine (C=N–C) groups is 1. The van der Waals surface area contributed by atoms with E-state index < -0.39 is 35.4 Å². The van der Waals surface area contributed by atoms with Gasteiger partial charge in [0.15, 0.2) is 6.19 Å². The maximum absolute atomic E-state index is 13.0. The molecule has 10 heteroatoms. The topological polar surface area (TPSA) is 119 Å². The Morgan fingerprint density at radius 1 is 1.23 bits per heavy atom. The summed E-state index contributed by atoms with van der Waals surface area (Å²) in [6, 6.07) is 9.63. The molecule has 0 amide bonds. The molecule has 0 saturated carbocycles. The fraction of sp³-hybridized carbons (Fsp3) is 0.286. The molecule has 3 rings (SSSR count). The van der Waals surface area contributed by atoms with Gasteiger partial charge in [0.05, 0.1) is 22.9 Å². The number of aliphatic hydroxyl groups excluding tert-OH is 1. The molecule has 0 bridgehead atoms. The lowest BCUT2D eigenvalue weighted by atomic mass is 9.86. The molecule has 7 nitrogen and oxygen atoms in total. The molecule has 0 spiro atoms. The average molecular weight is 429 g/mol. The van der Waals surface area contributed by atoms with Gasteiger partial charge in [0, 0.05) is 5.56 Å². The second-order valence-corrected chi connectivity index (χ2v) is 7.43. The Kier molecular flexibility index (Phi) is 5.53. The van der Waals surface area contributed by atoms with Crippen LogP contribution in [0.3, 0.4) is 0 Å². The third-order valence-electron chi connectivity index (χ3n) is 4.87. The van der Waals surface area contributed by atoms with Crippen LogP contribution in [0.1, 0.15) is 36.6 Å². The second kappa shape index (κ2) is 7.82. The minimum atomic E-state index is -4.60. The summed E-state index contributed by atoms with van der Waals surface area (Å²) in [4.78, 5) is 4.98. The molecule has 0 radical (unpaired) electrons. The highest BCUT2D eigenvalue weighted by atomic mass is 19.4. The van der Waals surface area contributed by atoms with Crippen molar-refractivity contribution in [2.45, 2.75) is 37.8 Å². The smallest absolute Gasteiger partial charge is 0.416 e. The van der Waals surface area contributed by atoms with Gasteiger partial charge in [0.1, 0.15) is 23.5 Å². The van der Waals surface area contributed by atoms with E-state index >= 15 is 0 Å². The molecule has 0 fully saturated rings. The van der Waals surface area contributed by atoms with Gasteiger partial charge in [-0.1, -0.05) is 6.07 Å². The van der Waals surface area contributed by atoms with Gasteiger partial charge in [0.2, 0.25) is 5.96 Å². The van der Waals surface area contributed by atoms with E-state index in [-0.39, 0.29) is 5.69 Å². The molecule has 1 aliphatic heterocycles. The number of anilines is 1. The Morgan fingerprint density at radius 3 is 2.55 bits per heavy atom. The number of nitrogens with two attached hydrogens (primary N) is 1. The van der Waals surface area contributed by atoms with Crippen LogP contribution in [0.25, 0.3) is 0 Å². The van der Waals surface area contributed by atoms with Crippen LogP contribution in [0.4, 0.5) is 18.9 Å². The van der Waals surface area contributed by atoms with E-state index in [2.05, 4.69) is 4.99 Å². The highest BCUT2D eigenvalue weighted by molar-refractivity contribution is 5.97. The summed E-state index contributed by atoms with van der Waals surface area (Å²) in [5.74, 6) is -0.0460. The molecule has 0 aliphatic carbocycles. The minimum absolute atomic E-state index is 0.134. The molecular weight excluding hydrogens is 411 g/mol. The van der Waals surface area contributed by atoms with E-state index in [0.29, 0.717) is 16.9 Å². The maximum Gasteiger partial charge on any atom is 0.416 e. The molecule has 3 N–H and O–H groups in total. The van der Waals surface area contributed by atoms with E-state index in [1.54, 1.807) is 32.2 Å². The van der Waals surface area contributed by atoms with Crippen molar-refractivity contribution in [2.75, 3.05) is 4.90 Å². The number of halogens is 3. The van der Waals surface area contributed by atoms with E-state index in [4.69, 9.17) is 10.5 Å². The van der Waals surface area contributed by atoms with E-state index in [1.807, 2.05) is 6.07 Å². The number of hydrogen-bond acceptors (Lipinski definition) is 5. The normalized spacial score (nSPS) is 20.1. The molecule has 1 aliphatic rings. The summed E-state index contributed by atoms with van der Waals surface area (Å²) >= 11 is 0. The third kappa shape index (κ3) is 4.25. The molecule has 0 unspecified atom stereocenters. The van der Waals surface area contributed by atoms with Gasteiger partial charge in [-0.2, -0.15) is 23.7 Å². The predicted octanol–water partition coefficient (Wildman–Crippen LogP) is 3.45. The summed E-state index contributed by atoms with van der Waals surface area (Å²) in [6.45, 7) is 3.26. The Hall–Kier alpha value is -3.76. The molecule has 2 atom stereocenters. The summed E-state index contributed by atoms with van der Waals surface area (Å²) < 4.78 is 44.9. The Labute approximate surface area is 176 Å². The lowest BCUT2D eigenvalue weighted by Gasteiger charge is -2.40. The number of alkyl halides is 3. The van der Waals surface area contributed by atoms with Crippen molar-refractivity contribution < 1.29 is 23.0 Å². The zero-order valence-corrected chi connectivity index (χ0v) is 16.6. The predicted molar refractivity (Wildman–Crippen MR) is 106 cm³/mol. The minimum Gasteiger partial charge on any atom is -0.485 e. The first-order valence-electron chi connectivity index (χ1n) is 9.09. The second-order valence-electron chi connectivity index (χ2n) is 7.43. The van der Waals surface area contributed by atoms with Crippen LogP contribution in [0.5, 0.6) is 5.75 Å². The number of benzene rings is 2. The first-order chi connectivity index (χ1) is 14.5. The van der Waals surface area contributed by atoms with Crippen molar-refractivity contribution in [1.82, 2.24) is 0 Å². The first-order valence-corrected chi connectivity index (χ1v) is 9.09. The molecule has 2 aromatic rings. The average Bonchev–Trinajstić information content (AvgIpc) is 2.71. The molecule has 1 heterocycles. The van der Waals surface area contributed by atoms with Crippen LogP contribution in [0.15, 0.2) is 47.5 Å². The lowest BCUT2D eigenvalue weighted by molar-refractivity contribution is -0.137. The Bertz CT molecular complexity index is 1120. The number of nitriles is 2. The molecule has 0 saturated heterocycles. The van der Waals surface area contributed by atoms with Gasteiger partial charge in [-0.05, 0) is 50.2 Å². The van der Waals surface area contributed by atoms with E-state index in [9.17, 15) is 28.8 Å². The third-order valence-corrected chi connectivity index (χ3v) is 4.87. The Morgan fingerprint density at radius 2 is 1.94 bits per heavy atom. The zero-order chi connectivity index (χ0) is 23.0. The van der Waals surface area contributed by atoms with Crippen LogP contribution in [0, 0.1) is 22.8 Å². The number of ether oxygens (including phenoxy) is 1. The summed E-state index contributed by atoms with van der Waals surface area (Å²) in [7, 11) is 0. The van der Waals surface area contributed by atoms with Gasteiger partial charge in [0.25, 0.3) is 0 Å². The van der Waals surface area contributed by atoms with E-state index in [1.165, 1.54) is 12.1 Å². The number of aliphatic hydroxyl groups is 1. The number of hydrogen-bond donors (Lipinski definition) is 2. The molecule has 2 aromatic carbocycles. The summed E-state index contributed by atoms with van der Waals surface area (Å²) in [5.41, 5.74) is 4.49. The largest absolute Gasteiger partial charge is 0.485 e. The van der Waals surface area contributed by atoms with Crippen molar-refractivity contribution in [3.8, 4) is 18.0 Å². The number of rotatable bonds is 2. The first kappa shape index (κ1) is 21.9. The van der Waals surface area contributed by atoms with Crippen LogP contribution < -0.4 is 15.4 Å². The van der Waals surface area contributed by atoms with Gasteiger partial charge >= 0.3 is 6.18 Å². The van der Waals surface area contributed by atoms with Gasteiger partial charge < -0.3 is 15.6 Å². The number of fused-ring (bicyclic) bond motifs is 1. The lowest BCUT2D eigenvalue weighted by Crippen LogP contribution is -2.49. The van der Waals surface area contributed by atoms with Crippen molar-refractivity contribution >= 4 is 11.6 Å². The van der Waals surface area contributed by atoms with Gasteiger partial charge in [-0.25, -0.2) is 9.89 Å². The van der Waals surface area contributed by atoms with Gasteiger partial charge in [-0.3, -0.25) is 0 Å². The Balaban J connectivity index is 2.07. The number of nitrogens with zero attached hydrogens (tertiary/aromatic N) is 4. The van der Waals surface area contributed by atoms with Crippen molar-refractivity contribution in [1.29, 1.82) is 10.5 Å². The van der Waals surface area contributed by atoms with Crippen molar-refractivity contribution in [3.63, 3.8) is 0 Å². The maximum atomic E-state index is 13.0. The summed E-state index contributed by atoms with van der Waals surface area (Å²) in [6.07, 6.45) is -4.10. The SMILES string of the molecule is CC1(C)Oc2ccc(C#N)cc2[C@@H](N=C(N)N(C#N)c2cccc(C(F)(F)F)c2)[C@@H]1O. The highest BCUT2D eigenvalue weighted by Crippen LogP contribution is 2.42. The van der Waals surface area contributed by atoms with Crippen LogP contribution in [-0.4, -0.2) is 22.8 Å².